The summed E-state index contributed by atoms with van der Waals surface area (Å²) in [6.07, 6.45) is -4.45. The van der Waals surface area contributed by atoms with Crippen LogP contribution < -0.4 is 0 Å². The van der Waals surface area contributed by atoms with Crippen LogP contribution in [0.15, 0.2) is 24.3 Å². The van der Waals surface area contributed by atoms with Gasteiger partial charge in [-0.25, -0.2) is 0 Å². The van der Waals surface area contributed by atoms with Crippen LogP contribution in [0.3, 0.4) is 0 Å². The van der Waals surface area contributed by atoms with E-state index in [1.54, 1.807) is 12.1 Å². The molecule has 0 spiro atoms. The first-order valence-corrected chi connectivity index (χ1v) is 5.53. The van der Waals surface area contributed by atoms with E-state index in [1.807, 2.05) is 26.8 Å². The lowest BCUT2D eigenvalue weighted by Gasteiger charge is -2.19. The van der Waals surface area contributed by atoms with Gasteiger partial charge in [-0.15, -0.1) is 10.2 Å². The fourth-order valence-corrected chi connectivity index (χ4v) is 1.64. The second kappa shape index (κ2) is 3.93. The molecule has 0 saturated heterocycles. The maximum absolute atomic E-state index is 12.5. The van der Waals surface area contributed by atoms with E-state index in [-0.39, 0.29) is 5.41 Å². The van der Waals surface area contributed by atoms with Gasteiger partial charge in [0, 0.05) is 5.39 Å². The fourth-order valence-electron chi connectivity index (χ4n) is 1.64. The zero-order valence-corrected chi connectivity index (χ0v) is 10.3. The van der Waals surface area contributed by atoms with Crippen molar-refractivity contribution in [3.63, 3.8) is 0 Å². The quantitative estimate of drug-likeness (QED) is 0.711. The smallest absolute Gasteiger partial charge is 0.164 e. The number of hydrogen-bond donors (Lipinski definition) is 0. The van der Waals surface area contributed by atoms with Crippen molar-refractivity contribution < 1.29 is 13.2 Å². The number of rotatable bonds is 0. The maximum atomic E-state index is 12.5. The number of halogens is 3. The normalized spacial score (nSPS) is 13.0. The Bertz CT molecular complexity index is 530. The Hall–Kier alpha value is -1.65. The van der Waals surface area contributed by atoms with E-state index < -0.39 is 11.9 Å². The second-order valence-corrected chi connectivity index (χ2v) is 5.25. The third-order valence-electron chi connectivity index (χ3n) is 2.74. The summed E-state index contributed by atoms with van der Waals surface area (Å²) in [6, 6.07) is 6.28. The van der Waals surface area contributed by atoms with Crippen molar-refractivity contribution in [1.82, 2.24) is 10.2 Å². The SMILES string of the molecule is CC(C)(C)c1ccc2cc(C(F)(F)F)nnc2c1. The van der Waals surface area contributed by atoms with Crippen LogP contribution in [0.4, 0.5) is 13.2 Å². The fraction of sp³-hybridized carbons (Fsp3) is 0.385. The molecule has 96 valence electrons. The highest BCUT2D eigenvalue weighted by molar-refractivity contribution is 5.79. The van der Waals surface area contributed by atoms with Crippen LogP contribution in [0.1, 0.15) is 32.0 Å². The second-order valence-electron chi connectivity index (χ2n) is 5.25. The standard InChI is InChI=1S/C13H13F3N2/c1-12(2,3)9-5-4-8-6-11(13(14,15)16)18-17-10(8)7-9/h4-7H,1-3H3. The molecule has 1 heterocycles. The van der Waals surface area contributed by atoms with E-state index in [4.69, 9.17) is 0 Å². The van der Waals surface area contributed by atoms with Gasteiger partial charge in [0.25, 0.3) is 0 Å². The van der Waals surface area contributed by atoms with Crippen LogP contribution >= 0.6 is 0 Å². The van der Waals surface area contributed by atoms with Gasteiger partial charge in [0.15, 0.2) is 5.69 Å². The lowest BCUT2D eigenvalue weighted by molar-refractivity contribution is -0.141. The summed E-state index contributed by atoms with van der Waals surface area (Å²) < 4.78 is 37.4. The van der Waals surface area contributed by atoms with Crippen LogP contribution in [0, 0.1) is 0 Å². The topological polar surface area (TPSA) is 25.8 Å². The first-order valence-electron chi connectivity index (χ1n) is 5.53. The summed E-state index contributed by atoms with van der Waals surface area (Å²) in [5.41, 5.74) is 0.469. The monoisotopic (exact) mass is 254 g/mol. The average molecular weight is 254 g/mol. The third-order valence-corrected chi connectivity index (χ3v) is 2.74. The minimum absolute atomic E-state index is 0.0709. The van der Waals surface area contributed by atoms with E-state index >= 15 is 0 Å². The van der Waals surface area contributed by atoms with Crippen molar-refractivity contribution in [3.05, 3.63) is 35.5 Å². The van der Waals surface area contributed by atoms with Crippen LogP contribution in [0.5, 0.6) is 0 Å². The molecule has 18 heavy (non-hydrogen) atoms. The van der Waals surface area contributed by atoms with Crippen LogP contribution in [-0.4, -0.2) is 10.2 Å². The molecule has 0 aliphatic rings. The molecule has 0 saturated carbocycles. The maximum Gasteiger partial charge on any atom is 0.435 e. The van der Waals surface area contributed by atoms with Crippen molar-refractivity contribution in [1.29, 1.82) is 0 Å². The van der Waals surface area contributed by atoms with Gasteiger partial charge in [0.2, 0.25) is 0 Å². The zero-order valence-electron chi connectivity index (χ0n) is 10.3. The van der Waals surface area contributed by atoms with Gasteiger partial charge < -0.3 is 0 Å². The van der Waals surface area contributed by atoms with Gasteiger partial charge in [0.1, 0.15) is 0 Å². The van der Waals surface area contributed by atoms with Crippen molar-refractivity contribution in [2.24, 2.45) is 0 Å². The lowest BCUT2D eigenvalue weighted by atomic mass is 9.86. The minimum atomic E-state index is -4.45. The van der Waals surface area contributed by atoms with Crippen molar-refractivity contribution in [3.8, 4) is 0 Å². The molecule has 0 atom stereocenters. The molecule has 0 aliphatic carbocycles. The molecule has 2 rings (SSSR count). The number of nitrogens with zero attached hydrogens (tertiary/aromatic N) is 2. The molecule has 0 aliphatic heterocycles. The van der Waals surface area contributed by atoms with Crippen molar-refractivity contribution in [2.45, 2.75) is 32.4 Å². The van der Waals surface area contributed by atoms with Crippen LogP contribution in [0.25, 0.3) is 10.9 Å². The van der Waals surface area contributed by atoms with E-state index in [9.17, 15) is 13.2 Å². The molecule has 0 bridgehead atoms. The number of alkyl halides is 3. The van der Waals surface area contributed by atoms with Crippen LogP contribution in [-0.2, 0) is 11.6 Å². The highest BCUT2D eigenvalue weighted by atomic mass is 19.4. The Morgan fingerprint density at radius 2 is 1.61 bits per heavy atom. The zero-order chi connectivity index (χ0) is 13.6. The molecule has 2 nitrogen and oxygen atoms in total. The van der Waals surface area contributed by atoms with Gasteiger partial charge in [-0.05, 0) is 23.1 Å². The molecule has 1 aromatic carbocycles. The van der Waals surface area contributed by atoms with Gasteiger partial charge in [-0.2, -0.15) is 13.2 Å². The summed E-state index contributed by atoms with van der Waals surface area (Å²) >= 11 is 0. The predicted octanol–water partition coefficient (Wildman–Crippen LogP) is 3.95. The largest absolute Gasteiger partial charge is 0.435 e. The molecule has 1 aromatic heterocycles. The molecule has 0 unspecified atom stereocenters. The van der Waals surface area contributed by atoms with E-state index in [0.29, 0.717) is 10.9 Å². The average Bonchev–Trinajstić information content (AvgIpc) is 2.25. The summed E-state index contributed by atoms with van der Waals surface area (Å²) in [4.78, 5) is 0. The first kappa shape index (κ1) is 12.8. The van der Waals surface area contributed by atoms with Crippen LogP contribution in [0.2, 0.25) is 0 Å². The lowest BCUT2D eigenvalue weighted by Crippen LogP contribution is -2.12. The highest BCUT2D eigenvalue weighted by Gasteiger charge is 2.33. The number of hydrogen-bond acceptors (Lipinski definition) is 2. The first-order chi connectivity index (χ1) is 8.18. The molecule has 0 amide bonds. The van der Waals surface area contributed by atoms with Crippen molar-refractivity contribution in [2.75, 3.05) is 0 Å². The van der Waals surface area contributed by atoms with Crippen molar-refractivity contribution >= 4 is 10.9 Å². The number of aromatic nitrogens is 2. The molecule has 0 N–H and O–H groups in total. The highest BCUT2D eigenvalue weighted by Crippen LogP contribution is 2.30. The predicted molar refractivity (Wildman–Crippen MR) is 63.2 cm³/mol. The Morgan fingerprint density at radius 1 is 0.944 bits per heavy atom. The summed E-state index contributed by atoms with van der Waals surface area (Å²) in [5, 5.41) is 7.33. The summed E-state index contributed by atoms with van der Waals surface area (Å²) in [7, 11) is 0. The summed E-state index contributed by atoms with van der Waals surface area (Å²) in [5.74, 6) is 0. The molecular weight excluding hydrogens is 241 g/mol. The number of benzene rings is 1. The van der Waals surface area contributed by atoms with Gasteiger partial charge in [0.05, 0.1) is 5.52 Å². The molecular formula is C13H13F3N2. The van der Waals surface area contributed by atoms with Gasteiger partial charge >= 0.3 is 6.18 Å². The third kappa shape index (κ3) is 2.44. The van der Waals surface area contributed by atoms with E-state index in [2.05, 4.69) is 10.2 Å². The Kier molecular flexibility index (Phi) is 2.80. The molecule has 5 heteroatoms. The molecule has 0 fully saturated rings. The minimum Gasteiger partial charge on any atom is -0.164 e. The number of fused-ring (bicyclic) bond motifs is 1. The molecule has 2 aromatic rings. The Morgan fingerprint density at radius 3 is 2.17 bits per heavy atom. The van der Waals surface area contributed by atoms with E-state index in [0.717, 1.165) is 11.6 Å². The van der Waals surface area contributed by atoms with Gasteiger partial charge in [-0.3, -0.25) is 0 Å². The van der Waals surface area contributed by atoms with E-state index in [1.165, 1.54) is 0 Å². The summed E-state index contributed by atoms with van der Waals surface area (Å²) in [6.45, 7) is 6.10. The Labute approximate surface area is 103 Å². The van der Waals surface area contributed by atoms with Gasteiger partial charge in [-0.1, -0.05) is 32.9 Å². The molecule has 0 radical (unpaired) electrons. The Balaban J connectivity index is 2.56.